The second-order valence-electron chi connectivity index (χ2n) is 5.92. The van der Waals surface area contributed by atoms with Crippen LogP contribution in [0.15, 0.2) is 78.0 Å². The first kappa shape index (κ1) is 16.6. The molecule has 0 saturated heterocycles. The number of aromatic nitrogens is 4. The molecule has 0 fully saturated rings. The number of hydrogen-bond acceptors (Lipinski definition) is 5. The van der Waals surface area contributed by atoms with E-state index in [2.05, 4.69) is 20.4 Å². The second kappa shape index (κ2) is 7.17. The number of pyridine rings is 2. The molecule has 0 bridgehead atoms. The number of fused-ring (bicyclic) bond motifs is 1. The van der Waals surface area contributed by atoms with Crippen molar-refractivity contribution in [2.24, 2.45) is 0 Å². The fourth-order valence-electron chi connectivity index (χ4n) is 2.71. The van der Waals surface area contributed by atoms with E-state index >= 15 is 0 Å². The number of anilines is 1. The fraction of sp³-hybridized carbons (Fsp3) is 0.0500. The Morgan fingerprint density at radius 1 is 1.04 bits per heavy atom. The van der Waals surface area contributed by atoms with Crippen molar-refractivity contribution in [3.05, 3.63) is 83.5 Å². The van der Waals surface area contributed by atoms with Gasteiger partial charge in [-0.15, -0.1) is 0 Å². The number of carbonyl (C=O) groups excluding carboxylic acids is 1. The van der Waals surface area contributed by atoms with Gasteiger partial charge in [0.2, 0.25) is 5.91 Å². The molecule has 0 radical (unpaired) electrons. The lowest BCUT2D eigenvalue weighted by molar-refractivity contribution is -0.117. The first-order valence-electron chi connectivity index (χ1n) is 8.32. The predicted octanol–water partition coefficient (Wildman–Crippen LogP) is 2.49. The molecular formula is C20H15N5O2. The standard InChI is InChI=1S/C20H15N5O2/c26-19(23-16-11-15-3-1-2-4-17(15)22-12-16)13-25-20(27)6-5-18(24-25)14-7-9-21-10-8-14/h1-12H,13H2,(H,23,26). The molecule has 0 aliphatic carbocycles. The van der Waals surface area contributed by atoms with Crippen molar-refractivity contribution in [2.45, 2.75) is 6.54 Å². The van der Waals surface area contributed by atoms with Gasteiger partial charge in [0.25, 0.3) is 5.56 Å². The van der Waals surface area contributed by atoms with Gasteiger partial charge in [0, 0.05) is 29.4 Å². The smallest absolute Gasteiger partial charge is 0.267 e. The number of nitrogens with zero attached hydrogens (tertiary/aromatic N) is 4. The normalized spacial score (nSPS) is 10.7. The Morgan fingerprint density at radius 3 is 2.70 bits per heavy atom. The van der Waals surface area contributed by atoms with Gasteiger partial charge in [0.05, 0.1) is 23.1 Å². The number of nitrogens with one attached hydrogen (secondary N) is 1. The summed E-state index contributed by atoms with van der Waals surface area (Å²) in [6.45, 7) is -0.190. The van der Waals surface area contributed by atoms with Gasteiger partial charge in [0.1, 0.15) is 6.54 Å². The number of amides is 1. The molecule has 7 nitrogen and oxygen atoms in total. The van der Waals surface area contributed by atoms with Crippen LogP contribution in [0.1, 0.15) is 0 Å². The molecule has 0 atom stereocenters. The molecule has 4 aromatic rings. The maximum absolute atomic E-state index is 12.4. The molecule has 0 aliphatic heterocycles. The third-order valence-electron chi connectivity index (χ3n) is 4.01. The van der Waals surface area contributed by atoms with Crippen LogP contribution in [0, 0.1) is 0 Å². The molecule has 1 aromatic carbocycles. The van der Waals surface area contributed by atoms with Gasteiger partial charge in [-0.1, -0.05) is 18.2 Å². The maximum Gasteiger partial charge on any atom is 0.267 e. The van der Waals surface area contributed by atoms with E-state index in [1.807, 2.05) is 30.3 Å². The lowest BCUT2D eigenvalue weighted by Gasteiger charge is -2.08. The molecule has 3 heterocycles. The van der Waals surface area contributed by atoms with Crippen LogP contribution in [0.4, 0.5) is 5.69 Å². The molecular weight excluding hydrogens is 342 g/mol. The molecule has 3 aromatic heterocycles. The summed E-state index contributed by atoms with van der Waals surface area (Å²) >= 11 is 0. The van der Waals surface area contributed by atoms with Crippen LogP contribution in [0.5, 0.6) is 0 Å². The number of hydrogen-bond donors (Lipinski definition) is 1. The van der Waals surface area contributed by atoms with Gasteiger partial charge < -0.3 is 5.32 Å². The van der Waals surface area contributed by atoms with Gasteiger partial charge >= 0.3 is 0 Å². The Kier molecular flexibility index (Phi) is 4.40. The molecule has 4 rings (SSSR count). The van der Waals surface area contributed by atoms with Crippen LogP contribution in [0.3, 0.4) is 0 Å². The Morgan fingerprint density at radius 2 is 1.85 bits per heavy atom. The summed E-state index contributed by atoms with van der Waals surface area (Å²) in [5.41, 5.74) is 2.48. The number of para-hydroxylation sites is 1. The van der Waals surface area contributed by atoms with Gasteiger partial charge in [0.15, 0.2) is 0 Å². The van der Waals surface area contributed by atoms with Crippen LogP contribution in [0.25, 0.3) is 22.2 Å². The largest absolute Gasteiger partial charge is 0.323 e. The third-order valence-corrected chi connectivity index (χ3v) is 4.01. The molecule has 0 aliphatic rings. The summed E-state index contributed by atoms with van der Waals surface area (Å²) in [7, 11) is 0. The fourth-order valence-corrected chi connectivity index (χ4v) is 2.71. The van der Waals surface area contributed by atoms with E-state index in [0.29, 0.717) is 11.4 Å². The minimum Gasteiger partial charge on any atom is -0.323 e. The SMILES string of the molecule is O=C(Cn1nc(-c2ccncc2)ccc1=O)Nc1cnc2ccccc2c1. The summed E-state index contributed by atoms with van der Waals surface area (Å²) in [6, 6.07) is 16.1. The summed E-state index contributed by atoms with van der Waals surface area (Å²) in [6.07, 6.45) is 4.88. The lowest BCUT2D eigenvalue weighted by atomic mass is 10.2. The summed E-state index contributed by atoms with van der Waals surface area (Å²) in [5, 5.41) is 7.95. The van der Waals surface area contributed by atoms with Crippen molar-refractivity contribution in [3.8, 4) is 11.3 Å². The van der Waals surface area contributed by atoms with E-state index in [1.54, 1.807) is 36.8 Å². The van der Waals surface area contributed by atoms with Crippen molar-refractivity contribution in [3.63, 3.8) is 0 Å². The predicted molar refractivity (Wildman–Crippen MR) is 102 cm³/mol. The van der Waals surface area contributed by atoms with Gasteiger partial charge in [-0.3, -0.25) is 19.6 Å². The zero-order valence-electron chi connectivity index (χ0n) is 14.2. The van der Waals surface area contributed by atoms with Crippen molar-refractivity contribution >= 4 is 22.5 Å². The second-order valence-corrected chi connectivity index (χ2v) is 5.92. The van der Waals surface area contributed by atoms with E-state index in [0.717, 1.165) is 21.1 Å². The monoisotopic (exact) mass is 357 g/mol. The highest BCUT2D eigenvalue weighted by molar-refractivity contribution is 5.92. The zero-order chi connectivity index (χ0) is 18.6. The highest BCUT2D eigenvalue weighted by atomic mass is 16.2. The van der Waals surface area contributed by atoms with Crippen LogP contribution in [-0.4, -0.2) is 25.7 Å². The van der Waals surface area contributed by atoms with Crippen LogP contribution in [-0.2, 0) is 11.3 Å². The van der Waals surface area contributed by atoms with Crippen molar-refractivity contribution in [2.75, 3.05) is 5.32 Å². The summed E-state index contributed by atoms with van der Waals surface area (Å²) < 4.78 is 1.14. The topological polar surface area (TPSA) is 89.8 Å². The van der Waals surface area contributed by atoms with E-state index in [1.165, 1.54) is 6.07 Å². The molecule has 0 saturated carbocycles. The minimum absolute atomic E-state index is 0.190. The average molecular weight is 357 g/mol. The van der Waals surface area contributed by atoms with E-state index in [-0.39, 0.29) is 18.0 Å². The van der Waals surface area contributed by atoms with Gasteiger partial charge in [-0.2, -0.15) is 5.10 Å². The summed E-state index contributed by atoms with van der Waals surface area (Å²) in [4.78, 5) is 32.7. The van der Waals surface area contributed by atoms with Gasteiger partial charge in [-0.05, 0) is 30.3 Å². The molecule has 27 heavy (non-hydrogen) atoms. The first-order valence-corrected chi connectivity index (χ1v) is 8.32. The molecule has 0 spiro atoms. The Hall–Kier alpha value is -3.87. The number of benzene rings is 1. The molecule has 1 N–H and O–H groups in total. The first-order chi connectivity index (χ1) is 13.2. The Bertz CT molecular complexity index is 1170. The van der Waals surface area contributed by atoms with Crippen LogP contribution >= 0.6 is 0 Å². The van der Waals surface area contributed by atoms with E-state index in [9.17, 15) is 9.59 Å². The average Bonchev–Trinajstić information content (AvgIpc) is 2.70. The van der Waals surface area contributed by atoms with Crippen molar-refractivity contribution in [1.29, 1.82) is 0 Å². The number of rotatable bonds is 4. The zero-order valence-corrected chi connectivity index (χ0v) is 14.2. The van der Waals surface area contributed by atoms with Crippen molar-refractivity contribution < 1.29 is 4.79 Å². The maximum atomic E-state index is 12.4. The lowest BCUT2D eigenvalue weighted by Crippen LogP contribution is -2.29. The minimum atomic E-state index is -0.353. The van der Waals surface area contributed by atoms with E-state index in [4.69, 9.17) is 0 Å². The Balaban J connectivity index is 1.54. The van der Waals surface area contributed by atoms with Gasteiger partial charge in [-0.25, -0.2) is 4.68 Å². The Labute approximate surface area is 154 Å². The molecule has 7 heteroatoms. The number of carbonyl (C=O) groups is 1. The molecule has 0 unspecified atom stereocenters. The molecule has 132 valence electrons. The molecule has 1 amide bonds. The van der Waals surface area contributed by atoms with Crippen molar-refractivity contribution in [1.82, 2.24) is 19.7 Å². The van der Waals surface area contributed by atoms with Crippen LogP contribution < -0.4 is 10.9 Å². The van der Waals surface area contributed by atoms with Crippen LogP contribution in [0.2, 0.25) is 0 Å². The highest BCUT2D eigenvalue weighted by Gasteiger charge is 2.09. The quantitative estimate of drug-likeness (QED) is 0.606. The highest BCUT2D eigenvalue weighted by Crippen LogP contribution is 2.16. The summed E-state index contributed by atoms with van der Waals surface area (Å²) in [5.74, 6) is -0.353. The van der Waals surface area contributed by atoms with E-state index < -0.39 is 0 Å². The third kappa shape index (κ3) is 3.72.